The molecule has 3 rings (SSSR count). The molecule has 0 atom stereocenters. The van der Waals surface area contributed by atoms with Gasteiger partial charge in [-0.3, -0.25) is 9.78 Å². The van der Waals surface area contributed by atoms with Crippen molar-refractivity contribution in [3.8, 4) is 0 Å². The van der Waals surface area contributed by atoms with Gasteiger partial charge in [0.1, 0.15) is 0 Å². The number of rotatable bonds is 2. The number of hydrogen-bond acceptors (Lipinski definition) is 2. The van der Waals surface area contributed by atoms with E-state index in [4.69, 9.17) is 0 Å². The molecular formula is C17H13IN2O. The number of carbonyl (C=O) groups is 1. The van der Waals surface area contributed by atoms with Gasteiger partial charge in [-0.05, 0) is 65.9 Å². The number of nitrogens with one attached hydrogen (secondary N) is 1. The average molecular weight is 388 g/mol. The summed E-state index contributed by atoms with van der Waals surface area (Å²) in [5.41, 5.74) is 3.30. The molecule has 0 unspecified atom stereocenters. The zero-order valence-corrected chi connectivity index (χ0v) is 13.6. The highest BCUT2D eigenvalue weighted by Gasteiger charge is 2.11. The number of anilines is 1. The molecule has 3 nitrogen and oxygen atoms in total. The van der Waals surface area contributed by atoms with Crippen LogP contribution in [-0.4, -0.2) is 10.9 Å². The minimum absolute atomic E-state index is 0.104. The third-order valence-electron chi connectivity index (χ3n) is 3.24. The number of amides is 1. The van der Waals surface area contributed by atoms with Gasteiger partial charge in [0.25, 0.3) is 5.91 Å². The minimum Gasteiger partial charge on any atom is -0.321 e. The van der Waals surface area contributed by atoms with Crippen molar-refractivity contribution in [3.05, 3.63) is 69.4 Å². The number of aromatic nitrogens is 1. The lowest BCUT2D eigenvalue weighted by Gasteiger charge is -2.09. The molecule has 3 aromatic rings. The van der Waals surface area contributed by atoms with Gasteiger partial charge in [0.2, 0.25) is 0 Å². The Morgan fingerprint density at radius 2 is 1.86 bits per heavy atom. The van der Waals surface area contributed by atoms with Crippen LogP contribution in [0.5, 0.6) is 0 Å². The van der Waals surface area contributed by atoms with Gasteiger partial charge in [0.15, 0.2) is 0 Å². The van der Waals surface area contributed by atoms with E-state index in [1.807, 2.05) is 61.5 Å². The first-order valence-corrected chi connectivity index (χ1v) is 7.65. The van der Waals surface area contributed by atoms with Crippen molar-refractivity contribution < 1.29 is 4.79 Å². The number of pyridine rings is 1. The van der Waals surface area contributed by atoms with Gasteiger partial charge < -0.3 is 5.32 Å². The topological polar surface area (TPSA) is 42.0 Å². The summed E-state index contributed by atoms with van der Waals surface area (Å²) in [6.07, 6.45) is 0. The first-order chi connectivity index (χ1) is 10.1. The third-order valence-corrected chi connectivity index (χ3v) is 4.18. The Hall–Kier alpha value is -1.95. The molecule has 2 aromatic carbocycles. The average Bonchev–Trinajstić information content (AvgIpc) is 2.47. The fourth-order valence-electron chi connectivity index (χ4n) is 2.20. The Balaban J connectivity index is 1.99. The van der Waals surface area contributed by atoms with Crippen LogP contribution in [0.4, 0.5) is 5.69 Å². The second-order valence-corrected chi connectivity index (χ2v) is 5.92. The standard InChI is InChI=1S/C17H13IN2O/c1-11-9-10-13-15(19-11)7-4-8-16(13)20-17(21)12-5-2-3-6-14(12)18/h2-10H,1H3,(H,20,21). The monoisotopic (exact) mass is 388 g/mol. The van der Waals surface area contributed by atoms with Crippen LogP contribution in [0, 0.1) is 10.5 Å². The molecule has 1 N–H and O–H groups in total. The van der Waals surface area contributed by atoms with Crippen molar-refractivity contribution >= 4 is 45.1 Å². The molecule has 1 aromatic heterocycles. The largest absolute Gasteiger partial charge is 0.321 e. The number of hydrogen-bond donors (Lipinski definition) is 1. The van der Waals surface area contributed by atoms with Crippen LogP contribution in [0.1, 0.15) is 16.1 Å². The van der Waals surface area contributed by atoms with Crippen molar-refractivity contribution in [3.63, 3.8) is 0 Å². The van der Waals surface area contributed by atoms with E-state index in [9.17, 15) is 4.79 Å². The number of fused-ring (bicyclic) bond motifs is 1. The Morgan fingerprint density at radius 3 is 2.67 bits per heavy atom. The van der Waals surface area contributed by atoms with Crippen LogP contribution in [-0.2, 0) is 0 Å². The number of benzene rings is 2. The van der Waals surface area contributed by atoms with Gasteiger partial charge in [0.05, 0.1) is 16.8 Å². The molecule has 4 heteroatoms. The molecule has 0 saturated carbocycles. The predicted molar refractivity (Wildman–Crippen MR) is 93.6 cm³/mol. The Kier molecular flexibility index (Phi) is 3.88. The van der Waals surface area contributed by atoms with Gasteiger partial charge in [-0.25, -0.2) is 0 Å². The summed E-state index contributed by atoms with van der Waals surface area (Å²) in [6.45, 7) is 1.96. The van der Waals surface area contributed by atoms with E-state index in [1.165, 1.54) is 0 Å². The maximum atomic E-state index is 12.4. The molecule has 0 saturated heterocycles. The molecule has 0 fully saturated rings. The molecule has 1 amide bonds. The number of halogens is 1. The zero-order chi connectivity index (χ0) is 14.8. The Morgan fingerprint density at radius 1 is 1.05 bits per heavy atom. The Bertz CT molecular complexity index is 830. The second kappa shape index (κ2) is 5.81. The second-order valence-electron chi connectivity index (χ2n) is 4.76. The molecule has 0 aliphatic heterocycles. The highest BCUT2D eigenvalue weighted by atomic mass is 127. The van der Waals surface area contributed by atoms with Gasteiger partial charge in [-0.15, -0.1) is 0 Å². The van der Waals surface area contributed by atoms with Gasteiger partial charge in [-0.1, -0.05) is 18.2 Å². The van der Waals surface area contributed by atoms with Crippen LogP contribution in [0.15, 0.2) is 54.6 Å². The van der Waals surface area contributed by atoms with Crippen LogP contribution >= 0.6 is 22.6 Å². The van der Waals surface area contributed by atoms with Crippen molar-refractivity contribution in [1.29, 1.82) is 0 Å². The van der Waals surface area contributed by atoms with Crippen LogP contribution in [0.25, 0.3) is 10.9 Å². The lowest BCUT2D eigenvalue weighted by atomic mass is 10.1. The number of nitrogens with zero attached hydrogens (tertiary/aromatic N) is 1. The predicted octanol–water partition coefficient (Wildman–Crippen LogP) is 4.40. The van der Waals surface area contributed by atoms with Gasteiger partial charge in [0, 0.05) is 14.7 Å². The van der Waals surface area contributed by atoms with E-state index >= 15 is 0 Å². The van der Waals surface area contributed by atoms with Crippen LogP contribution < -0.4 is 5.32 Å². The molecule has 0 bridgehead atoms. The number of aryl methyl sites for hydroxylation is 1. The molecular weight excluding hydrogens is 375 g/mol. The van der Waals surface area contributed by atoms with Crippen LogP contribution in [0.3, 0.4) is 0 Å². The summed E-state index contributed by atoms with van der Waals surface area (Å²) in [6, 6.07) is 17.2. The molecule has 0 spiro atoms. The van der Waals surface area contributed by atoms with Gasteiger partial charge in [-0.2, -0.15) is 0 Å². The fourth-order valence-corrected chi connectivity index (χ4v) is 2.83. The molecule has 21 heavy (non-hydrogen) atoms. The Labute approximate surface area is 136 Å². The maximum Gasteiger partial charge on any atom is 0.256 e. The summed E-state index contributed by atoms with van der Waals surface area (Å²) < 4.78 is 0.932. The van der Waals surface area contributed by atoms with E-state index in [2.05, 4.69) is 32.9 Å². The smallest absolute Gasteiger partial charge is 0.256 e. The summed E-state index contributed by atoms with van der Waals surface area (Å²) in [4.78, 5) is 16.9. The van der Waals surface area contributed by atoms with Crippen molar-refractivity contribution in [2.75, 3.05) is 5.32 Å². The highest BCUT2D eigenvalue weighted by molar-refractivity contribution is 14.1. The minimum atomic E-state index is -0.104. The van der Waals surface area contributed by atoms with Crippen LogP contribution in [0.2, 0.25) is 0 Å². The van der Waals surface area contributed by atoms with Crippen molar-refractivity contribution in [2.24, 2.45) is 0 Å². The molecule has 0 aliphatic rings. The lowest BCUT2D eigenvalue weighted by Crippen LogP contribution is -2.13. The van der Waals surface area contributed by atoms with E-state index in [-0.39, 0.29) is 5.91 Å². The highest BCUT2D eigenvalue weighted by Crippen LogP contribution is 2.23. The zero-order valence-electron chi connectivity index (χ0n) is 11.4. The summed E-state index contributed by atoms with van der Waals surface area (Å²) in [5.74, 6) is -0.104. The van der Waals surface area contributed by atoms with E-state index < -0.39 is 0 Å². The number of carbonyl (C=O) groups excluding carboxylic acids is 1. The first-order valence-electron chi connectivity index (χ1n) is 6.57. The molecule has 1 heterocycles. The SMILES string of the molecule is Cc1ccc2c(NC(=O)c3ccccc3I)cccc2n1. The molecule has 0 aliphatic carbocycles. The summed E-state index contributed by atoms with van der Waals surface area (Å²) in [7, 11) is 0. The van der Waals surface area contributed by atoms with Gasteiger partial charge >= 0.3 is 0 Å². The quantitative estimate of drug-likeness (QED) is 0.662. The van der Waals surface area contributed by atoms with Crippen molar-refractivity contribution in [1.82, 2.24) is 4.98 Å². The van der Waals surface area contributed by atoms with Crippen molar-refractivity contribution in [2.45, 2.75) is 6.92 Å². The molecule has 0 radical (unpaired) electrons. The fraction of sp³-hybridized carbons (Fsp3) is 0.0588. The first kappa shape index (κ1) is 14.0. The lowest BCUT2D eigenvalue weighted by molar-refractivity contribution is 0.102. The normalized spacial score (nSPS) is 10.6. The molecule has 104 valence electrons. The maximum absolute atomic E-state index is 12.4. The van der Waals surface area contributed by atoms with E-state index in [1.54, 1.807) is 0 Å². The third kappa shape index (κ3) is 2.90. The van der Waals surface area contributed by atoms with E-state index in [0.717, 1.165) is 25.9 Å². The summed E-state index contributed by atoms with van der Waals surface area (Å²) in [5, 5.41) is 3.92. The van der Waals surface area contributed by atoms with E-state index in [0.29, 0.717) is 5.56 Å². The summed E-state index contributed by atoms with van der Waals surface area (Å²) >= 11 is 2.17.